The van der Waals surface area contributed by atoms with Crippen LogP contribution >= 0.6 is 0 Å². The summed E-state index contributed by atoms with van der Waals surface area (Å²) in [6, 6.07) is 5.89. The Morgan fingerprint density at radius 3 is 2.53 bits per heavy atom. The van der Waals surface area contributed by atoms with Crippen LogP contribution in [0.4, 0.5) is 4.39 Å². The average Bonchev–Trinajstić information content (AvgIpc) is 2.77. The summed E-state index contributed by atoms with van der Waals surface area (Å²) < 4.78 is 13.3. The second-order valence-corrected chi connectivity index (χ2v) is 5.26. The third kappa shape index (κ3) is 4.92. The molecule has 1 aromatic carbocycles. The van der Waals surface area contributed by atoms with Crippen molar-refractivity contribution in [2.45, 2.75) is 39.8 Å². The number of halogens is 1. The minimum absolute atomic E-state index is 0.128. The number of rotatable bonds is 3. The number of nitrogens with zero attached hydrogens (tertiary/aromatic N) is 2. The van der Waals surface area contributed by atoms with E-state index in [1.54, 1.807) is 12.1 Å². The standard InChI is InChI=1S/C14H21FN2.C2H6/c1-11-6-12(8-13(15)7-11)9-17(3)14-4-5-16(2)10-14;1-2/h6-8,14H,4-5,9-10H2,1-3H3;1-2H3. The molecule has 0 bridgehead atoms. The van der Waals surface area contributed by atoms with Crippen molar-refractivity contribution in [3.63, 3.8) is 0 Å². The Kier molecular flexibility index (Phi) is 6.46. The highest BCUT2D eigenvalue weighted by molar-refractivity contribution is 5.23. The summed E-state index contributed by atoms with van der Waals surface area (Å²) in [7, 11) is 4.28. The van der Waals surface area contributed by atoms with E-state index in [0.29, 0.717) is 6.04 Å². The van der Waals surface area contributed by atoms with Gasteiger partial charge in [-0.15, -0.1) is 0 Å². The number of aryl methyl sites for hydroxylation is 1. The van der Waals surface area contributed by atoms with Crippen molar-refractivity contribution in [1.29, 1.82) is 0 Å². The van der Waals surface area contributed by atoms with E-state index in [1.807, 2.05) is 20.8 Å². The number of likely N-dealkylation sites (tertiary alicyclic amines) is 1. The minimum atomic E-state index is -0.128. The molecule has 1 saturated heterocycles. The van der Waals surface area contributed by atoms with Crippen LogP contribution in [0.2, 0.25) is 0 Å². The van der Waals surface area contributed by atoms with Crippen LogP contribution in [0.15, 0.2) is 18.2 Å². The lowest BCUT2D eigenvalue weighted by Crippen LogP contribution is -2.33. The van der Waals surface area contributed by atoms with Gasteiger partial charge in [0.25, 0.3) is 0 Å². The van der Waals surface area contributed by atoms with Crippen LogP contribution in [0.25, 0.3) is 0 Å². The molecule has 108 valence electrons. The van der Waals surface area contributed by atoms with Gasteiger partial charge in [-0.05, 0) is 57.2 Å². The van der Waals surface area contributed by atoms with Gasteiger partial charge in [0.15, 0.2) is 0 Å². The van der Waals surface area contributed by atoms with Gasteiger partial charge in [-0.2, -0.15) is 0 Å². The first-order chi connectivity index (χ1) is 9.04. The van der Waals surface area contributed by atoms with Crippen molar-refractivity contribution in [3.05, 3.63) is 35.1 Å². The molecule has 0 spiro atoms. The van der Waals surface area contributed by atoms with Crippen LogP contribution in [-0.4, -0.2) is 43.0 Å². The zero-order chi connectivity index (χ0) is 14.4. The Bertz CT molecular complexity index is 372. The highest BCUT2D eigenvalue weighted by atomic mass is 19.1. The first-order valence-corrected chi connectivity index (χ1v) is 7.19. The summed E-state index contributed by atoms with van der Waals surface area (Å²) in [6.45, 7) is 9.05. The summed E-state index contributed by atoms with van der Waals surface area (Å²) >= 11 is 0. The van der Waals surface area contributed by atoms with Crippen molar-refractivity contribution in [3.8, 4) is 0 Å². The van der Waals surface area contributed by atoms with E-state index < -0.39 is 0 Å². The summed E-state index contributed by atoms with van der Waals surface area (Å²) in [4.78, 5) is 4.68. The van der Waals surface area contributed by atoms with Crippen LogP contribution < -0.4 is 0 Å². The van der Waals surface area contributed by atoms with E-state index in [2.05, 4.69) is 30.0 Å². The molecule has 0 saturated carbocycles. The molecule has 0 aromatic heterocycles. The van der Waals surface area contributed by atoms with Crippen LogP contribution in [0.1, 0.15) is 31.4 Å². The predicted molar refractivity (Wildman–Crippen MR) is 79.9 cm³/mol. The van der Waals surface area contributed by atoms with Gasteiger partial charge < -0.3 is 4.90 Å². The molecule has 2 nitrogen and oxygen atoms in total. The molecule has 0 amide bonds. The molecule has 1 heterocycles. The van der Waals surface area contributed by atoms with E-state index in [4.69, 9.17) is 0 Å². The van der Waals surface area contributed by atoms with Crippen molar-refractivity contribution in [2.75, 3.05) is 27.2 Å². The fraction of sp³-hybridized carbons (Fsp3) is 0.625. The Labute approximate surface area is 117 Å². The van der Waals surface area contributed by atoms with Gasteiger partial charge in [0.05, 0.1) is 0 Å². The third-order valence-corrected chi connectivity index (χ3v) is 3.52. The SMILES string of the molecule is CC.Cc1cc(F)cc(CN(C)C2CCN(C)C2)c1. The molecule has 0 aliphatic carbocycles. The maximum atomic E-state index is 13.3. The van der Waals surface area contributed by atoms with Gasteiger partial charge in [0, 0.05) is 19.1 Å². The zero-order valence-corrected chi connectivity index (χ0v) is 12.9. The van der Waals surface area contributed by atoms with Crippen LogP contribution in [0, 0.1) is 12.7 Å². The predicted octanol–water partition coefficient (Wildman–Crippen LogP) is 3.30. The number of likely N-dealkylation sites (N-methyl/N-ethyl adjacent to an activating group) is 2. The molecule has 1 fully saturated rings. The normalized spacial score (nSPS) is 19.4. The number of hydrogen-bond acceptors (Lipinski definition) is 2. The maximum absolute atomic E-state index is 13.3. The largest absolute Gasteiger partial charge is 0.305 e. The second kappa shape index (κ2) is 7.61. The number of hydrogen-bond donors (Lipinski definition) is 0. The summed E-state index contributed by atoms with van der Waals surface area (Å²) in [5.74, 6) is -0.128. The highest BCUT2D eigenvalue weighted by Crippen LogP contribution is 2.16. The quantitative estimate of drug-likeness (QED) is 0.828. The molecule has 1 aliphatic rings. The molecule has 0 N–H and O–H groups in total. The van der Waals surface area contributed by atoms with Crippen molar-refractivity contribution in [1.82, 2.24) is 9.80 Å². The van der Waals surface area contributed by atoms with E-state index >= 15 is 0 Å². The molecular weight excluding hydrogens is 239 g/mol. The van der Waals surface area contributed by atoms with E-state index in [1.165, 1.54) is 6.42 Å². The van der Waals surface area contributed by atoms with Crippen LogP contribution in [-0.2, 0) is 6.54 Å². The lowest BCUT2D eigenvalue weighted by molar-refractivity contribution is 0.234. The van der Waals surface area contributed by atoms with Crippen molar-refractivity contribution < 1.29 is 4.39 Å². The Hall–Kier alpha value is -0.930. The topological polar surface area (TPSA) is 6.48 Å². The van der Waals surface area contributed by atoms with E-state index in [-0.39, 0.29) is 5.82 Å². The molecule has 19 heavy (non-hydrogen) atoms. The second-order valence-electron chi connectivity index (χ2n) is 5.26. The van der Waals surface area contributed by atoms with Gasteiger partial charge in [-0.25, -0.2) is 4.39 Å². The van der Waals surface area contributed by atoms with Crippen molar-refractivity contribution in [2.24, 2.45) is 0 Å². The third-order valence-electron chi connectivity index (χ3n) is 3.52. The summed E-state index contributed by atoms with van der Waals surface area (Å²) in [6.07, 6.45) is 1.21. The van der Waals surface area contributed by atoms with Crippen LogP contribution in [0.3, 0.4) is 0 Å². The fourth-order valence-corrected chi connectivity index (χ4v) is 2.59. The highest BCUT2D eigenvalue weighted by Gasteiger charge is 2.23. The smallest absolute Gasteiger partial charge is 0.123 e. The molecule has 0 radical (unpaired) electrons. The maximum Gasteiger partial charge on any atom is 0.123 e. The molecule has 1 aliphatic heterocycles. The molecule has 2 rings (SSSR count). The van der Waals surface area contributed by atoms with Gasteiger partial charge in [-0.1, -0.05) is 19.9 Å². The van der Waals surface area contributed by atoms with Gasteiger partial charge >= 0.3 is 0 Å². The molecule has 1 atom stereocenters. The number of benzene rings is 1. The zero-order valence-electron chi connectivity index (χ0n) is 12.9. The molecule has 3 heteroatoms. The van der Waals surface area contributed by atoms with Gasteiger partial charge in [-0.3, -0.25) is 4.90 Å². The summed E-state index contributed by atoms with van der Waals surface area (Å²) in [5, 5.41) is 0. The Morgan fingerprint density at radius 2 is 2.00 bits per heavy atom. The fourth-order valence-electron chi connectivity index (χ4n) is 2.59. The molecule has 1 aromatic rings. The van der Waals surface area contributed by atoms with Gasteiger partial charge in [0.1, 0.15) is 5.82 Å². The first kappa shape index (κ1) is 16.1. The van der Waals surface area contributed by atoms with Crippen LogP contribution in [0.5, 0.6) is 0 Å². The first-order valence-electron chi connectivity index (χ1n) is 7.19. The Balaban J connectivity index is 0.000000861. The molecule has 1 unspecified atom stereocenters. The average molecular weight is 266 g/mol. The van der Waals surface area contributed by atoms with E-state index in [0.717, 1.165) is 30.8 Å². The van der Waals surface area contributed by atoms with Gasteiger partial charge in [0.2, 0.25) is 0 Å². The molecular formula is C16H27FN2. The lowest BCUT2D eigenvalue weighted by atomic mass is 10.1. The van der Waals surface area contributed by atoms with Crippen molar-refractivity contribution >= 4 is 0 Å². The minimum Gasteiger partial charge on any atom is -0.305 e. The Morgan fingerprint density at radius 1 is 1.32 bits per heavy atom. The van der Waals surface area contributed by atoms with E-state index in [9.17, 15) is 4.39 Å². The lowest BCUT2D eigenvalue weighted by Gasteiger charge is -2.24. The summed E-state index contributed by atoms with van der Waals surface area (Å²) in [5.41, 5.74) is 2.07. The monoisotopic (exact) mass is 266 g/mol.